The monoisotopic (exact) mass is 420 g/mol. The van der Waals surface area contributed by atoms with Crippen molar-refractivity contribution in [2.45, 2.75) is 24.3 Å². The number of carbonyl (C=O) groups is 1. The van der Waals surface area contributed by atoms with Gasteiger partial charge in [0.2, 0.25) is 15.9 Å². The second-order valence-corrected chi connectivity index (χ2v) is 8.41. The Balaban J connectivity index is 1.77. The number of methoxy groups -OCH3 is 3. The zero-order chi connectivity index (χ0) is 21.2. The van der Waals surface area contributed by atoms with E-state index >= 15 is 0 Å². The molecule has 0 radical (unpaired) electrons. The van der Waals surface area contributed by atoms with Gasteiger partial charge < -0.3 is 19.1 Å². The van der Waals surface area contributed by atoms with E-state index in [2.05, 4.69) is 4.72 Å². The Morgan fingerprint density at radius 3 is 2.24 bits per heavy atom. The predicted octanol–water partition coefficient (Wildman–Crippen LogP) is 2.10. The standard InChI is InChI=1S/C20H24N2O6S/c1-13-9-16(6-8-17(13)26-2)29(24,25)21-14-10-20(23)22(12-14)15-5-7-18(27-3)19(11-15)28-4/h5-9,11,14,21H,10,12H2,1-4H3/t14-/m1/s1. The van der Waals surface area contributed by atoms with E-state index in [0.717, 1.165) is 0 Å². The number of nitrogens with zero attached hydrogens (tertiary/aromatic N) is 1. The van der Waals surface area contributed by atoms with Gasteiger partial charge in [0, 0.05) is 30.8 Å². The molecule has 1 atom stereocenters. The molecule has 156 valence electrons. The minimum Gasteiger partial charge on any atom is -0.496 e. The summed E-state index contributed by atoms with van der Waals surface area (Å²) < 4.78 is 43.8. The van der Waals surface area contributed by atoms with Gasteiger partial charge in [0.1, 0.15) is 5.75 Å². The van der Waals surface area contributed by atoms with Crippen LogP contribution in [-0.4, -0.2) is 48.2 Å². The SMILES string of the molecule is COc1ccc(S(=O)(=O)N[C@@H]2CC(=O)N(c3ccc(OC)c(OC)c3)C2)cc1C. The molecule has 0 aliphatic carbocycles. The second-order valence-electron chi connectivity index (χ2n) is 6.70. The third kappa shape index (κ3) is 4.30. The van der Waals surface area contributed by atoms with E-state index < -0.39 is 16.1 Å². The Morgan fingerprint density at radius 2 is 1.62 bits per heavy atom. The van der Waals surface area contributed by atoms with Gasteiger partial charge in [-0.3, -0.25) is 4.79 Å². The zero-order valence-corrected chi connectivity index (χ0v) is 17.6. The molecule has 0 spiro atoms. The number of sulfonamides is 1. The number of nitrogens with one attached hydrogen (secondary N) is 1. The minimum atomic E-state index is -3.77. The molecule has 1 N–H and O–H groups in total. The molecule has 8 nitrogen and oxygen atoms in total. The number of benzene rings is 2. The van der Waals surface area contributed by atoms with Gasteiger partial charge >= 0.3 is 0 Å². The highest BCUT2D eigenvalue weighted by atomic mass is 32.2. The van der Waals surface area contributed by atoms with E-state index in [9.17, 15) is 13.2 Å². The number of aryl methyl sites for hydroxylation is 1. The topological polar surface area (TPSA) is 94.2 Å². The van der Waals surface area contributed by atoms with Crippen LogP contribution < -0.4 is 23.8 Å². The molecule has 9 heteroatoms. The van der Waals surface area contributed by atoms with E-state index in [4.69, 9.17) is 14.2 Å². The maximum atomic E-state index is 12.8. The molecule has 1 aliphatic rings. The van der Waals surface area contributed by atoms with Crippen molar-refractivity contribution in [1.82, 2.24) is 4.72 Å². The Kier molecular flexibility index (Phi) is 5.99. The maximum Gasteiger partial charge on any atom is 0.240 e. The van der Waals surface area contributed by atoms with Crippen molar-refractivity contribution in [3.05, 3.63) is 42.0 Å². The van der Waals surface area contributed by atoms with Gasteiger partial charge in [-0.15, -0.1) is 0 Å². The summed E-state index contributed by atoms with van der Waals surface area (Å²) in [4.78, 5) is 14.2. The lowest BCUT2D eigenvalue weighted by Crippen LogP contribution is -2.37. The second kappa shape index (κ2) is 8.30. The Labute approximate surface area is 170 Å². The van der Waals surface area contributed by atoms with Crippen molar-refractivity contribution >= 4 is 21.6 Å². The van der Waals surface area contributed by atoms with Gasteiger partial charge in [-0.25, -0.2) is 13.1 Å². The number of carbonyl (C=O) groups excluding carboxylic acids is 1. The van der Waals surface area contributed by atoms with Crippen molar-refractivity contribution in [2.75, 3.05) is 32.8 Å². The number of amides is 1. The van der Waals surface area contributed by atoms with Crippen LogP contribution in [-0.2, 0) is 14.8 Å². The summed E-state index contributed by atoms with van der Waals surface area (Å²) in [6.45, 7) is 2.00. The van der Waals surface area contributed by atoms with E-state index in [0.29, 0.717) is 28.5 Å². The Hall–Kier alpha value is -2.78. The van der Waals surface area contributed by atoms with Crippen molar-refractivity contribution in [3.63, 3.8) is 0 Å². The number of hydrogen-bond acceptors (Lipinski definition) is 6. The number of rotatable bonds is 7. The lowest BCUT2D eigenvalue weighted by atomic mass is 10.2. The number of anilines is 1. The molecule has 2 aromatic rings. The first-order valence-corrected chi connectivity index (χ1v) is 10.5. The molecular weight excluding hydrogens is 396 g/mol. The molecule has 1 saturated heterocycles. The lowest BCUT2D eigenvalue weighted by Gasteiger charge is -2.19. The highest BCUT2D eigenvalue weighted by molar-refractivity contribution is 7.89. The summed E-state index contributed by atoms with van der Waals surface area (Å²) >= 11 is 0. The summed E-state index contributed by atoms with van der Waals surface area (Å²) in [6, 6.07) is 9.24. The molecule has 0 bridgehead atoms. The van der Waals surface area contributed by atoms with Crippen LogP contribution in [0.3, 0.4) is 0 Å². The van der Waals surface area contributed by atoms with Gasteiger partial charge in [-0.05, 0) is 42.8 Å². The summed E-state index contributed by atoms with van der Waals surface area (Å²) in [7, 11) is 0.804. The van der Waals surface area contributed by atoms with Crippen LogP contribution in [0.1, 0.15) is 12.0 Å². The average molecular weight is 420 g/mol. The average Bonchev–Trinajstić information content (AvgIpc) is 3.06. The van der Waals surface area contributed by atoms with Crippen molar-refractivity contribution < 1.29 is 27.4 Å². The molecule has 0 unspecified atom stereocenters. The zero-order valence-electron chi connectivity index (χ0n) is 16.8. The van der Waals surface area contributed by atoms with Crippen molar-refractivity contribution in [1.29, 1.82) is 0 Å². The van der Waals surface area contributed by atoms with Crippen LogP contribution in [0.25, 0.3) is 0 Å². The highest BCUT2D eigenvalue weighted by Crippen LogP contribution is 2.33. The minimum absolute atomic E-state index is 0.0721. The molecule has 1 amide bonds. The highest BCUT2D eigenvalue weighted by Gasteiger charge is 2.34. The molecule has 3 rings (SSSR count). The molecule has 1 fully saturated rings. The van der Waals surface area contributed by atoms with Crippen LogP contribution >= 0.6 is 0 Å². The molecule has 0 aromatic heterocycles. The first kappa shape index (κ1) is 20.9. The fourth-order valence-electron chi connectivity index (χ4n) is 3.33. The number of hydrogen-bond donors (Lipinski definition) is 1. The van der Waals surface area contributed by atoms with E-state index in [1.54, 1.807) is 37.3 Å². The van der Waals surface area contributed by atoms with Crippen molar-refractivity contribution in [2.24, 2.45) is 0 Å². The summed E-state index contributed by atoms with van der Waals surface area (Å²) in [5.41, 5.74) is 1.33. The summed E-state index contributed by atoms with van der Waals surface area (Å²) in [5.74, 6) is 1.49. The van der Waals surface area contributed by atoms with Gasteiger partial charge in [-0.2, -0.15) is 0 Å². The van der Waals surface area contributed by atoms with E-state index in [-0.39, 0.29) is 23.8 Å². The largest absolute Gasteiger partial charge is 0.496 e. The van der Waals surface area contributed by atoms with E-state index in [1.165, 1.54) is 32.3 Å². The Bertz CT molecular complexity index is 1020. The normalized spacial score (nSPS) is 16.8. The fraction of sp³-hybridized carbons (Fsp3) is 0.350. The van der Waals surface area contributed by atoms with Gasteiger partial charge in [0.05, 0.1) is 26.2 Å². The Morgan fingerprint density at radius 1 is 0.966 bits per heavy atom. The third-order valence-electron chi connectivity index (χ3n) is 4.80. The van der Waals surface area contributed by atoms with Crippen LogP contribution in [0.4, 0.5) is 5.69 Å². The quantitative estimate of drug-likeness (QED) is 0.737. The molecular formula is C20H24N2O6S. The summed E-state index contributed by atoms with van der Waals surface area (Å²) in [5, 5.41) is 0. The summed E-state index contributed by atoms with van der Waals surface area (Å²) in [6.07, 6.45) is 0.0721. The van der Waals surface area contributed by atoms with Crippen LogP contribution in [0.2, 0.25) is 0 Å². The number of ether oxygens (including phenoxy) is 3. The molecule has 1 aliphatic heterocycles. The molecule has 29 heavy (non-hydrogen) atoms. The smallest absolute Gasteiger partial charge is 0.240 e. The predicted molar refractivity (Wildman–Crippen MR) is 108 cm³/mol. The molecule has 0 saturated carbocycles. The van der Waals surface area contributed by atoms with Gasteiger partial charge in [0.15, 0.2) is 11.5 Å². The van der Waals surface area contributed by atoms with Gasteiger partial charge in [-0.1, -0.05) is 0 Å². The van der Waals surface area contributed by atoms with E-state index in [1.807, 2.05) is 0 Å². The van der Waals surface area contributed by atoms with Gasteiger partial charge in [0.25, 0.3) is 0 Å². The molecule has 1 heterocycles. The van der Waals surface area contributed by atoms with Crippen molar-refractivity contribution in [3.8, 4) is 17.2 Å². The van der Waals surface area contributed by atoms with Crippen LogP contribution in [0.5, 0.6) is 17.2 Å². The first-order chi connectivity index (χ1) is 13.8. The molecule has 2 aromatic carbocycles. The van der Waals surface area contributed by atoms with Crippen LogP contribution in [0, 0.1) is 6.92 Å². The van der Waals surface area contributed by atoms with Crippen LogP contribution in [0.15, 0.2) is 41.3 Å². The lowest BCUT2D eigenvalue weighted by molar-refractivity contribution is -0.117. The first-order valence-electron chi connectivity index (χ1n) is 8.98. The fourth-order valence-corrected chi connectivity index (χ4v) is 4.65. The maximum absolute atomic E-state index is 12.8. The third-order valence-corrected chi connectivity index (χ3v) is 6.32.